The van der Waals surface area contributed by atoms with Gasteiger partial charge in [-0.1, -0.05) is 24.3 Å². The van der Waals surface area contributed by atoms with Gasteiger partial charge in [0, 0.05) is 11.9 Å². The Balaban J connectivity index is 2.31. The Labute approximate surface area is 82.8 Å². The predicted molar refractivity (Wildman–Crippen MR) is 55.8 cm³/mol. The number of hydrogen-bond acceptors (Lipinski definition) is 2. The van der Waals surface area contributed by atoms with Crippen LogP contribution >= 0.6 is 0 Å². The van der Waals surface area contributed by atoms with E-state index in [4.69, 9.17) is 5.73 Å². The van der Waals surface area contributed by atoms with Crippen LogP contribution in [0.5, 0.6) is 0 Å². The minimum Gasteiger partial charge on any atom is -0.368 e. The zero-order valence-electron chi connectivity index (χ0n) is 7.81. The van der Waals surface area contributed by atoms with Crippen molar-refractivity contribution in [2.75, 3.05) is 11.4 Å². The maximum absolute atomic E-state index is 10.8. The average molecular weight is 188 g/mol. The molecule has 1 heterocycles. The third-order valence-electron chi connectivity index (χ3n) is 2.25. The van der Waals surface area contributed by atoms with Crippen molar-refractivity contribution in [3.63, 3.8) is 0 Å². The molecule has 1 aromatic rings. The first-order chi connectivity index (χ1) is 6.77. The van der Waals surface area contributed by atoms with Gasteiger partial charge in [0.25, 0.3) is 0 Å². The number of allylic oxidation sites excluding steroid dienone is 1. The molecule has 0 fully saturated rings. The molecule has 3 heteroatoms. The highest BCUT2D eigenvalue weighted by Gasteiger charge is 2.12. The van der Waals surface area contributed by atoms with E-state index in [9.17, 15) is 4.79 Å². The molecule has 2 rings (SSSR count). The van der Waals surface area contributed by atoms with Crippen molar-refractivity contribution in [2.24, 2.45) is 5.73 Å². The highest BCUT2D eigenvalue weighted by Crippen LogP contribution is 2.24. The van der Waals surface area contributed by atoms with Crippen molar-refractivity contribution in [1.29, 1.82) is 0 Å². The summed E-state index contributed by atoms with van der Waals surface area (Å²) >= 11 is 0. The second kappa shape index (κ2) is 3.54. The monoisotopic (exact) mass is 188 g/mol. The van der Waals surface area contributed by atoms with Gasteiger partial charge in [-0.3, -0.25) is 4.79 Å². The van der Waals surface area contributed by atoms with Crippen molar-refractivity contribution in [3.05, 3.63) is 42.1 Å². The molecule has 0 aliphatic carbocycles. The number of hydrogen-bond donors (Lipinski definition) is 1. The van der Waals surface area contributed by atoms with Gasteiger partial charge in [0.15, 0.2) is 0 Å². The predicted octanol–water partition coefficient (Wildman–Crippen LogP) is 1.05. The van der Waals surface area contributed by atoms with Gasteiger partial charge in [-0.15, -0.1) is 0 Å². The van der Waals surface area contributed by atoms with Crippen LogP contribution in [-0.2, 0) is 11.2 Å². The lowest BCUT2D eigenvalue weighted by Gasteiger charge is -2.24. The van der Waals surface area contributed by atoms with E-state index in [1.807, 2.05) is 35.4 Å². The molecule has 0 radical (unpaired) electrons. The molecule has 0 bridgehead atoms. The average Bonchev–Trinajstić information content (AvgIpc) is 2.18. The molecule has 0 saturated heterocycles. The number of nitrogens with two attached hydrogens (primary N) is 1. The third-order valence-corrected chi connectivity index (χ3v) is 2.25. The van der Waals surface area contributed by atoms with Gasteiger partial charge >= 0.3 is 0 Å². The fraction of sp³-hybridized carbons (Fsp3) is 0.182. The molecule has 0 aromatic heterocycles. The second-order valence-corrected chi connectivity index (χ2v) is 3.31. The molecule has 1 amide bonds. The van der Waals surface area contributed by atoms with Crippen molar-refractivity contribution in [2.45, 2.75) is 6.42 Å². The molecule has 0 spiro atoms. The zero-order chi connectivity index (χ0) is 9.97. The molecule has 1 aliphatic heterocycles. The first-order valence-electron chi connectivity index (χ1n) is 4.57. The minimum atomic E-state index is -0.314. The molecule has 3 nitrogen and oxygen atoms in total. The van der Waals surface area contributed by atoms with Crippen LogP contribution in [0.2, 0.25) is 0 Å². The minimum absolute atomic E-state index is 0.244. The first-order valence-corrected chi connectivity index (χ1v) is 4.57. The van der Waals surface area contributed by atoms with E-state index in [1.165, 1.54) is 5.56 Å². The van der Waals surface area contributed by atoms with Crippen LogP contribution in [0, 0.1) is 0 Å². The van der Waals surface area contributed by atoms with Crippen LogP contribution < -0.4 is 10.6 Å². The van der Waals surface area contributed by atoms with E-state index < -0.39 is 0 Å². The summed E-state index contributed by atoms with van der Waals surface area (Å²) in [5.74, 6) is -0.314. The van der Waals surface area contributed by atoms with Crippen LogP contribution in [0.15, 0.2) is 36.5 Å². The number of para-hydroxylation sites is 1. The number of benzene rings is 1. The number of anilines is 1. The number of fused-ring (bicyclic) bond motifs is 1. The Kier molecular flexibility index (Phi) is 2.23. The molecule has 0 atom stereocenters. The maximum Gasteiger partial charge on any atom is 0.237 e. The number of rotatable bonds is 2. The lowest BCUT2D eigenvalue weighted by atomic mass is 10.1. The van der Waals surface area contributed by atoms with Crippen LogP contribution in [0.3, 0.4) is 0 Å². The topological polar surface area (TPSA) is 46.3 Å². The number of carbonyl (C=O) groups excluding carboxylic acids is 1. The van der Waals surface area contributed by atoms with Crippen molar-refractivity contribution in [1.82, 2.24) is 0 Å². The normalized spacial score (nSPS) is 13.9. The zero-order valence-corrected chi connectivity index (χ0v) is 7.81. The number of primary amides is 1. The summed E-state index contributed by atoms with van der Waals surface area (Å²) in [6, 6.07) is 8.03. The van der Waals surface area contributed by atoms with Gasteiger partial charge in [-0.05, 0) is 18.1 Å². The SMILES string of the molecule is NC(=O)CN1C=CCc2ccccc21. The van der Waals surface area contributed by atoms with Crippen LogP contribution in [0.25, 0.3) is 0 Å². The summed E-state index contributed by atoms with van der Waals surface area (Å²) in [6.07, 6.45) is 4.86. The molecular formula is C11H12N2O. The smallest absolute Gasteiger partial charge is 0.237 e. The summed E-state index contributed by atoms with van der Waals surface area (Å²) in [5, 5.41) is 0. The largest absolute Gasteiger partial charge is 0.368 e. The molecule has 2 N–H and O–H groups in total. The molecule has 14 heavy (non-hydrogen) atoms. The molecule has 1 aliphatic rings. The molecule has 0 unspecified atom stereocenters. The van der Waals surface area contributed by atoms with Gasteiger partial charge in [0.2, 0.25) is 5.91 Å². The van der Waals surface area contributed by atoms with E-state index in [0.29, 0.717) is 0 Å². The fourth-order valence-corrected chi connectivity index (χ4v) is 1.66. The van der Waals surface area contributed by atoms with Crippen LogP contribution in [-0.4, -0.2) is 12.5 Å². The van der Waals surface area contributed by atoms with Gasteiger partial charge in [0.1, 0.15) is 6.54 Å². The van der Waals surface area contributed by atoms with Gasteiger partial charge < -0.3 is 10.6 Å². The van der Waals surface area contributed by atoms with E-state index in [1.54, 1.807) is 0 Å². The Bertz CT molecular complexity index is 385. The first kappa shape index (κ1) is 8.81. The summed E-state index contributed by atoms with van der Waals surface area (Å²) in [4.78, 5) is 12.7. The maximum atomic E-state index is 10.8. The quantitative estimate of drug-likeness (QED) is 0.754. The van der Waals surface area contributed by atoms with Crippen molar-refractivity contribution < 1.29 is 4.79 Å². The third kappa shape index (κ3) is 1.62. The molecule has 72 valence electrons. The fourth-order valence-electron chi connectivity index (χ4n) is 1.66. The number of amides is 1. The summed E-state index contributed by atoms with van der Waals surface area (Å²) in [5.41, 5.74) is 7.48. The van der Waals surface area contributed by atoms with Gasteiger partial charge in [-0.25, -0.2) is 0 Å². The number of nitrogens with zero attached hydrogens (tertiary/aromatic N) is 1. The Morgan fingerprint density at radius 3 is 3.00 bits per heavy atom. The summed E-state index contributed by atoms with van der Waals surface area (Å²) in [7, 11) is 0. The lowest BCUT2D eigenvalue weighted by Crippen LogP contribution is -2.31. The Morgan fingerprint density at radius 1 is 1.43 bits per heavy atom. The van der Waals surface area contributed by atoms with Crippen molar-refractivity contribution in [3.8, 4) is 0 Å². The molecule has 0 saturated carbocycles. The van der Waals surface area contributed by atoms with Crippen molar-refractivity contribution >= 4 is 11.6 Å². The summed E-state index contributed by atoms with van der Waals surface area (Å²) < 4.78 is 0. The standard InChI is InChI=1S/C11H12N2O/c12-11(14)8-13-7-3-5-9-4-1-2-6-10(9)13/h1-4,6-7H,5,8H2,(H2,12,14). The van der Waals surface area contributed by atoms with E-state index in [0.717, 1.165) is 12.1 Å². The number of carbonyl (C=O) groups is 1. The summed E-state index contributed by atoms with van der Waals surface area (Å²) in [6.45, 7) is 0.244. The van der Waals surface area contributed by atoms with Gasteiger partial charge in [-0.2, -0.15) is 0 Å². The molecule has 1 aromatic carbocycles. The molecular weight excluding hydrogens is 176 g/mol. The Morgan fingerprint density at radius 2 is 2.21 bits per heavy atom. The second-order valence-electron chi connectivity index (χ2n) is 3.31. The van der Waals surface area contributed by atoms with Crippen LogP contribution in [0.4, 0.5) is 5.69 Å². The van der Waals surface area contributed by atoms with Gasteiger partial charge in [0.05, 0.1) is 0 Å². The van der Waals surface area contributed by atoms with E-state index in [-0.39, 0.29) is 12.5 Å². The van der Waals surface area contributed by atoms with E-state index >= 15 is 0 Å². The highest BCUT2D eigenvalue weighted by molar-refractivity contribution is 5.81. The lowest BCUT2D eigenvalue weighted by molar-refractivity contribution is -0.116. The Hall–Kier alpha value is -1.77. The highest BCUT2D eigenvalue weighted by atomic mass is 16.1. The van der Waals surface area contributed by atoms with E-state index in [2.05, 4.69) is 6.07 Å². The van der Waals surface area contributed by atoms with Crippen LogP contribution in [0.1, 0.15) is 5.56 Å².